The number of carbonyl (C=O) groups is 2. The van der Waals surface area contributed by atoms with Gasteiger partial charge in [0.15, 0.2) is 0 Å². The Labute approximate surface area is 172 Å². The topological polar surface area (TPSA) is 111 Å². The summed E-state index contributed by atoms with van der Waals surface area (Å²) in [6, 6.07) is 8.01. The Kier molecular flexibility index (Phi) is 7.03. The lowest BCUT2D eigenvalue weighted by atomic mass is 9.96. The van der Waals surface area contributed by atoms with Crippen molar-refractivity contribution in [1.82, 2.24) is 14.5 Å². The van der Waals surface area contributed by atoms with Gasteiger partial charge in [-0.3, -0.25) is 9.59 Å². The van der Waals surface area contributed by atoms with Gasteiger partial charge >= 0.3 is 0 Å². The van der Waals surface area contributed by atoms with Gasteiger partial charge in [-0.2, -0.15) is 9.57 Å². The molecule has 2 rings (SSSR count). The molecule has 1 aliphatic rings. The lowest BCUT2D eigenvalue weighted by Crippen LogP contribution is -2.48. The number of hydrogen-bond acceptors (Lipinski definition) is 5. The van der Waals surface area contributed by atoms with Gasteiger partial charge in [0.05, 0.1) is 17.0 Å². The summed E-state index contributed by atoms with van der Waals surface area (Å²) >= 11 is 0. The Morgan fingerprint density at radius 2 is 1.83 bits per heavy atom. The van der Waals surface area contributed by atoms with Crippen LogP contribution in [0, 0.1) is 17.2 Å². The molecule has 1 fully saturated rings. The van der Waals surface area contributed by atoms with Crippen LogP contribution in [-0.4, -0.2) is 61.7 Å². The number of nitriles is 1. The van der Waals surface area contributed by atoms with Crippen molar-refractivity contribution < 1.29 is 18.0 Å². The zero-order chi connectivity index (χ0) is 21.8. The number of amides is 2. The molecule has 2 amide bonds. The van der Waals surface area contributed by atoms with Gasteiger partial charge < -0.3 is 10.2 Å². The molecule has 0 aromatic heterocycles. The fraction of sp³-hybridized carbons (Fsp3) is 0.550. The van der Waals surface area contributed by atoms with Gasteiger partial charge in [-0.25, -0.2) is 8.42 Å². The number of piperidine rings is 1. The molecular formula is C20H28N4O4S. The summed E-state index contributed by atoms with van der Waals surface area (Å²) in [6.45, 7) is 5.96. The van der Waals surface area contributed by atoms with Crippen molar-refractivity contribution >= 4 is 21.8 Å². The smallest absolute Gasteiger partial charge is 0.244 e. The van der Waals surface area contributed by atoms with Crippen LogP contribution in [0.25, 0.3) is 0 Å². The third kappa shape index (κ3) is 5.78. The molecule has 0 saturated carbocycles. The predicted molar refractivity (Wildman–Crippen MR) is 108 cm³/mol. The second-order valence-electron chi connectivity index (χ2n) is 8.28. The Balaban J connectivity index is 1.98. The van der Waals surface area contributed by atoms with E-state index in [0.29, 0.717) is 12.8 Å². The van der Waals surface area contributed by atoms with Crippen LogP contribution in [0.1, 0.15) is 39.2 Å². The quantitative estimate of drug-likeness (QED) is 0.773. The van der Waals surface area contributed by atoms with Crippen LogP contribution in [0.4, 0.5) is 0 Å². The standard InChI is InChI=1S/C20H28N4O4S/c1-20(2,3)22-18(25)14-23(4)19(26)15-9-11-24(12-10-15)29(27,28)17-8-6-5-7-16(17)13-21/h5-8,15H,9-12,14H2,1-4H3,(H,22,25). The summed E-state index contributed by atoms with van der Waals surface area (Å²) in [5, 5.41) is 12.0. The molecule has 0 atom stereocenters. The van der Waals surface area contributed by atoms with E-state index in [1.54, 1.807) is 19.2 Å². The van der Waals surface area contributed by atoms with Gasteiger partial charge in [0.25, 0.3) is 0 Å². The minimum Gasteiger partial charge on any atom is -0.350 e. The molecule has 1 N–H and O–H groups in total. The molecular weight excluding hydrogens is 392 g/mol. The highest BCUT2D eigenvalue weighted by atomic mass is 32.2. The molecule has 9 heteroatoms. The van der Waals surface area contributed by atoms with Gasteiger partial charge in [-0.05, 0) is 45.7 Å². The Hall–Kier alpha value is -2.44. The first kappa shape index (κ1) is 22.8. The zero-order valence-electron chi connectivity index (χ0n) is 17.3. The van der Waals surface area contributed by atoms with Gasteiger partial charge in [0.2, 0.25) is 21.8 Å². The normalized spacial score (nSPS) is 16.1. The van der Waals surface area contributed by atoms with Crippen LogP contribution in [0.15, 0.2) is 29.2 Å². The summed E-state index contributed by atoms with van der Waals surface area (Å²) < 4.78 is 27.1. The van der Waals surface area contributed by atoms with E-state index in [9.17, 15) is 23.3 Å². The fourth-order valence-corrected chi connectivity index (χ4v) is 4.94. The van der Waals surface area contributed by atoms with Crippen molar-refractivity contribution in [2.24, 2.45) is 5.92 Å². The molecule has 1 aromatic carbocycles. The van der Waals surface area contributed by atoms with E-state index in [4.69, 9.17) is 0 Å². The number of benzene rings is 1. The van der Waals surface area contributed by atoms with Gasteiger partial charge in [-0.15, -0.1) is 0 Å². The SMILES string of the molecule is CN(CC(=O)NC(C)(C)C)C(=O)C1CCN(S(=O)(=O)c2ccccc2C#N)CC1. The van der Waals surface area contributed by atoms with Crippen molar-refractivity contribution in [2.75, 3.05) is 26.7 Å². The first-order chi connectivity index (χ1) is 13.5. The van der Waals surface area contributed by atoms with Crippen LogP contribution in [0.3, 0.4) is 0 Å². The van der Waals surface area contributed by atoms with Crippen LogP contribution in [0.2, 0.25) is 0 Å². The van der Waals surface area contributed by atoms with E-state index < -0.39 is 10.0 Å². The van der Waals surface area contributed by atoms with Crippen LogP contribution in [-0.2, 0) is 19.6 Å². The average molecular weight is 421 g/mol. The molecule has 29 heavy (non-hydrogen) atoms. The number of carbonyl (C=O) groups excluding carboxylic acids is 2. The van der Waals surface area contributed by atoms with Crippen LogP contribution >= 0.6 is 0 Å². The highest BCUT2D eigenvalue weighted by Crippen LogP contribution is 2.26. The predicted octanol–water partition coefficient (Wildman–Crippen LogP) is 1.33. The average Bonchev–Trinajstić information content (AvgIpc) is 2.65. The number of rotatable bonds is 5. The van der Waals surface area contributed by atoms with E-state index in [1.807, 2.05) is 26.8 Å². The van der Waals surface area contributed by atoms with E-state index in [-0.39, 0.29) is 53.4 Å². The highest BCUT2D eigenvalue weighted by Gasteiger charge is 2.34. The minimum absolute atomic E-state index is 0.0109. The van der Waals surface area contributed by atoms with Crippen molar-refractivity contribution in [3.05, 3.63) is 29.8 Å². The molecule has 0 spiro atoms. The summed E-state index contributed by atoms with van der Waals surface area (Å²) in [5.41, 5.74) is -0.268. The second kappa shape index (κ2) is 8.93. The molecule has 8 nitrogen and oxygen atoms in total. The molecule has 0 bridgehead atoms. The second-order valence-corrected chi connectivity index (χ2v) is 10.2. The summed E-state index contributed by atoms with van der Waals surface area (Å²) in [4.78, 5) is 26.1. The lowest BCUT2D eigenvalue weighted by molar-refractivity contribution is -0.139. The van der Waals surface area contributed by atoms with E-state index >= 15 is 0 Å². The van der Waals surface area contributed by atoms with Crippen molar-refractivity contribution in [1.29, 1.82) is 5.26 Å². The first-order valence-electron chi connectivity index (χ1n) is 9.51. The number of hydrogen-bond donors (Lipinski definition) is 1. The van der Waals surface area contributed by atoms with Gasteiger partial charge in [0, 0.05) is 31.6 Å². The largest absolute Gasteiger partial charge is 0.350 e. The molecule has 1 saturated heterocycles. The van der Waals surface area contributed by atoms with Crippen molar-refractivity contribution in [2.45, 2.75) is 44.0 Å². The monoisotopic (exact) mass is 420 g/mol. The molecule has 158 valence electrons. The Morgan fingerprint density at radius 1 is 1.24 bits per heavy atom. The van der Waals surface area contributed by atoms with Crippen molar-refractivity contribution in [3.8, 4) is 6.07 Å². The summed E-state index contributed by atoms with van der Waals surface area (Å²) in [7, 11) is -2.21. The maximum atomic E-state index is 12.9. The molecule has 1 heterocycles. The summed E-state index contributed by atoms with van der Waals surface area (Å²) in [6.07, 6.45) is 0.746. The third-order valence-electron chi connectivity index (χ3n) is 4.70. The van der Waals surface area contributed by atoms with Crippen molar-refractivity contribution in [3.63, 3.8) is 0 Å². The molecule has 0 unspecified atom stereocenters. The highest BCUT2D eigenvalue weighted by molar-refractivity contribution is 7.89. The van der Waals surface area contributed by atoms with Gasteiger partial charge in [0.1, 0.15) is 6.07 Å². The summed E-state index contributed by atoms with van der Waals surface area (Å²) in [5.74, 6) is -0.731. The zero-order valence-corrected chi connectivity index (χ0v) is 18.1. The van der Waals surface area contributed by atoms with Crippen LogP contribution in [0.5, 0.6) is 0 Å². The number of likely N-dealkylation sites (N-methyl/N-ethyl adjacent to an activating group) is 1. The Bertz CT molecular complexity index is 907. The third-order valence-corrected chi connectivity index (χ3v) is 6.66. The maximum absolute atomic E-state index is 12.9. The Morgan fingerprint density at radius 3 is 2.38 bits per heavy atom. The molecule has 1 aromatic rings. The van der Waals surface area contributed by atoms with E-state index in [1.165, 1.54) is 21.3 Å². The number of nitrogens with zero attached hydrogens (tertiary/aromatic N) is 3. The molecule has 1 aliphatic heterocycles. The van der Waals surface area contributed by atoms with E-state index in [2.05, 4.69) is 5.32 Å². The maximum Gasteiger partial charge on any atom is 0.244 e. The number of sulfonamides is 1. The van der Waals surface area contributed by atoms with Crippen LogP contribution < -0.4 is 5.32 Å². The van der Waals surface area contributed by atoms with E-state index in [0.717, 1.165) is 0 Å². The van der Waals surface area contributed by atoms with Gasteiger partial charge in [-0.1, -0.05) is 12.1 Å². The minimum atomic E-state index is -3.79. The lowest BCUT2D eigenvalue weighted by Gasteiger charge is -2.32. The molecule has 0 aliphatic carbocycles. The number of nitrogens with one attached hydrogen (secondary N) is 1. The first-order valence-corrected chi connectivity index (χ1v) is 10.9. The molecule has 0 radical (unpaired) electrons. The fourth-order valence-electron chi connectivity index (χ4n) is 3.33.